The van der Waals surface area contributed by atoms with Gasteiger partial charge < -0.3 is 0 Å². The minimum atomic E-state index is 0.894. The second kappa shape index (κ2) is 3.93. The quantitative estimate of drug-likeness (QED) is 0.699. The molecule has 70 valence electrons. The zero-order valence-electron chi connectivity index (χ0n) is 7.87. The van der Waals surface area contributed by atoms with E-state index in [9.17, 15) is 0 Å². The van der Waals surface area contributed by atoms with Crippen molar-refractivity contribution in [1.82, 2.24) is 4.98 Å². The Morgan fingerprint density at radius 1 is 1.14 bits per heavy atom. The van der Waals surface area contributed by atoms with Crippen molar-refractivity contribution < 1.29 is 0 Å². The average Bonchev–Trinajstić information content (AvgIpc) is 2.18. The van der Waals surface area contributed by atoms with Crippen LogP contribution < -0.4 is 0 Å². The number of aromatic nitrogens is 1. The summed E-state index contributed by atoms with van der Waals surface area (Å²) < 4.78 is 0.894. The topological polar surface area (TPSA) is 12.9 Å². The fraction of sp³-hybridized carbons (Fsp3) is 0.0833. The Bertz CT molecular complexity index is 452. The van der Waals surface area contributed by atoms with Gasteiger partial charge in [0.1, 0.15) is 4.60 Å². The van der Waals surface area contributed by atoms with Crippen molar-refractivity contribution in [3.05, 3.63) is 52.8 Å². The van der Waals surface area contributed by atoms with Gasteiger partial charge in [0.05, 0.1) is 0 Å². The first-order chi connectivity index (χ1) is 6.77. The Labute approximate surface area is 91.9 Å². The minimum absolute atomic E-state index is 0.894. The lowest BCUT2D eigenvalue weighted by Gasteiger charge is -2.03. The smallest absolute Gasteiger partial charge is 0.113 e. The Morgan fingerprint density at radius 3 is 2.71 bits per heavy atom. The lowest BCUT2D eigenvalue weighted by atomic mass is 10.1. The van der Waals surface area contributed by atoms with Crippen molar-refractivity contribution in [2.75, 3.05) is 0 Å². The second-order valence-corrected chi connectivity index (χ2v) is 3.96. The molecular formula is C12H10BrN. The van der Waals surface area contributed by atoms with Gasteiger partial charge in [-0.15, -0.1) is 0 Å². The van der Waals surface area contributed by atoms with Gasteiger partial charge in [-0.25, -0.2) is 4.98 Å². The van der Waals surface area contributed by atoms with Crippen LogP contribution in [0.25, 0.3) is 11.1 Å². The molecule has 0 unspecified atom stereocenters. The predicted molar refractivity (Wildman–Crippen MR) is 62.1 cm³/mol. The summed E-state index contributed by atoms with van der Waals surface area (Å²) in [6, 6.07) is 12.4. The number of nitrogens with zero attached hydrogens (tertiary/aromatic N) is 1. The molecule has 14 heavy (non-hydrogen) atoms. The van der Waals surface area contributed by atoms with Crippen molar-refractivity contribution in [1.29, 1.82) is 0 Å². The molecule has 0 aliphatic heterocycles. The third kappa shape index (κ3) is 1.85. The Balaban J connectivity index is 2.55. The van der Waals surface area contributed by atoms with E-state index in [1.807, 2.05) is 6.07 Å². The molecule has 1 aromatic heterocycles. The maximum atomic E-state index is 4.20. The third-order valence-corrected chi connectivity index (χ3v) is 2.72. The van der Waals surface area contributed by atoms with E-state index < -0.39 is 0 Å². The van der Waals surface area contributed by atoms with E-state index in [2.05, 4.69) is 58.2 Å². The van der Waals surface area contributed by atoms with E-state index in [-0.39, 0.29) is 0 Å². The summed E-state index contributed by atoms with van der Waals surface area (Å²) in [4.78, 5) is 4.20. The molecule has 0 spiro atoms. The molecule has 2 rings (SSSR count). The third-order valence-electron chi connectivity index (χ3n) is 2.09. The van der Waals surface area contributed by atoms with Crippen LogP contribution >= 0.6 is 15.9 Å². The fourth-order valence-electron chi connectivity index (χ4n) is 1.41. The fourth-order valence-corrected chi connectivity index (χ4v) is 1.89. The van der Waals surface area contributed by atoms with Gasteiger partial charge in [-0.2, -0.15) is 0 Å². The van der Waals surface area contributed by atoms with E-state index in [1.165, 1.54) is 11.1 Å². The van der Waals surface area contributed by atoms with Crippen LogP contribution in [-0.2, 0) is 0 Å². The normalized spacial score (nSPS) is 10.1. The van der Waals surface area contributed by atoms with Crippen molar-refractivity contribution in [2.24, 2.45) is 0 Å². The maximum absolute atomic E-state index is 4.20. The number of benzene rings is 1. The highest BCUT2D eigenvalue weighted by Gasteiger charge is 2.02. The number of rotatable bonds is 1. The lowest BCUT2D eigenvalue weighted by molar-refractivity contribution is 1.28. The largest absolute Gasteiger partial charge is 0.249 e. The number of halogens is 1. The van der Waals surface area contributed by atoms with Crippen LogP contribution in [0.2, 0.25) is 0 Å². The Hall–Kier alpha value is -1.15. The van der Waals surface area contributed by atoms with Gasteiger partial charge in [-0.1, -0.05) is 35.9 Å². The number of pyridine rings is 1. The molecule has 0 aliphatic rings. The zero-order chi connectivity index (χ0) is 9.97. The number of hydrogen-bond acceptors (Lipinski definition) is 1. The number of aryl methyl sites for hydroxylation is 1. The maximum Gasteiger partial charge on any atom is 0.113 e. The molecule has 0 bridgehead atoms. The molecule has 0 aliphatic carbocycles. The van der Waals surface area contributed by atoms with Gasteiger partial charge in [0.2, 0.25) is 0 Å². The molecule has 0 fully saturated rings. The summed E-state index contributed by atoms with van der Waals surface area (Å²) in [5.74, 6) is 0. The van der Waals surface area contributed by atoms with Crippen molar-refractivity contribution in [3.8, 4) is 11.1 Å². The van der Waals surface area contributed by atoms with Crippen LogP contribution in [0.15, 0.2) is 47.2 Å². The van der Waals surface area contributed by atoms with Gasteiger partial charge in [0.15, 0.2) is 0 Å². The molecule has 0 saturated carbocycles. The van der Waals surface area contributed by atoms with Crippen molar-refractivity contribution >= 4 is 15.9 Å². The summed E-state index contributed by atoms with van der Waals surface area (Å²) in [5.41, 5.74) is 3.60. The zero-order valence-corrected chi connectivity index (χ0v) is 9.45. The van der Waals surface area contributed by atoms with E-state index in [0.717, 1.165) is 10.2 Å². The Kier molecular flexibility index (Phi) is 2.64. The standard InChI is InChI=1S/C12H10BrN/c1-9-4-2-5-10(8-9)11-6-3-7-14-12(11)13/h2-8H,1H3. The summed E-state index contributed by atoms with van der Waals surface area (Å²) in [6.07, 6.45) is 1.78. The SMILES string of the molecule is Cc1cccc(-c2cccnc2Br)c1. The van der Waals surface area contributed by atoms with Gasteiger partial charge in [-0.05, 0) is 34.5 Å². The first kappa shape index (κ1) is 9.41. The summed E-state index contributed by atoms with van der Waals surface area (Å²) in [7, 11) is 0. The lowest BCUT2D eigenvalue weighted by Crippen LogP contribution is -1.83. The van der Waals surface area contributed by atoms with Crippen LogP contribution in [0, 0.1) is 6.92 Å². The van der Waals surface area contributed by atoms with E-state index in [4.69, 9.17) is 0 Å². The van der Waals surface area contributed by atoms with E-state index >= 15 is 0 Å². The highest BCUT2D eigenvalue weighted by molar-refractivity contribution is 9.10. The molecular weight excluding hydrogens is 238 g/mol. The molecule has 0 atom stereocenters. The first-order valence-corrected chi connectivity index (χ1v) is 5.24. The van der Waals surface area contributed by atoms with Gasteiger partial charge in [-0.3, -0.25) is 0 Å². The molecule has 0 N–H and O–H groups in total. The predicted octanol–water partition coefficient (Wildman–Crippen LogP) is 3.82. The summed E-state index contributed by atoms with van der Waals surface area (Å²) in [6.45, 7) is 2.09. The van der Waals surface area contributed by atoms with Crippen LogP contribution in [0.1, 0.15) is 5.56 Å². The van der Waals surface area contributed by atoms with Crippen LogP contribution in [0.4, 0.5) is 0 Å². The van der Waals surface area contributed by atoms with Crippen LogP contribution in [0.5, 0.6) is 0 Å². The monoisotopic (exact) mass is 247 g/mol. The van der Waals surface area contributed by atoms with E-state index in [0.29, 0.717) is 0 Å². The van der Waals surface area contributed by atoms with Crippen LogP contribution in [-0.4, -0.2) is 4.98 Å². The van der Waals surface area contributed by atoms with Gasteiger partial charge in [0, 0.05) is 11.8 Å². The highest BCUT2D eigenvalue weighted by atomic mass is 79.9. The molecule has 0 radical (unpaired) electrons. The summed E-state index contributed by atoms with van der Waals surface area (Å²) >= 11 is 3.45. The summed E-state index contributed by atoms with van der Waals surface area (Å²) in [5, 5.41) is 0. The van der Waals surface area contributed by atoms with Crippen LogP contribution in [0.3, 0.4) is 0 Å². The van der Waals surface area contributed by atoms with E-state index in [1.54, 1.807) is 6.20 Å². The second-order valence-electron chi connectivity index (χ2n) is 3.21. The average molecular weight is 248 g/mol. The van der Waals surface area contributed by atoms with Gasteiger partial charge in [0.25, 0.3) is 0 Å². The minimum Gasteiger partial charge on any atom is -0.249 e. The van der Waals surface area contributed by atoms with Gasteiger partial charge >= 0.3 is 0 Å². The first-order valence-electron chi connectivity index (χ1n) is 4.45. The molecule has 1 heterocycles. The molecule has 1 aromatic carbocycles. The highest BCUT2D eigenvalue weighted by Crippen LogP contribution is 2.26. The number of hydrogen-bond donors (Lipinski definition) is 0. The molecule has 0 amide bonds. The molecule has 2 aromatic rings. The van der Waals surface area contributed by atoms with Crippen molar-refractivity contribution in [2.45, 2.75) is 6.92 Å². The Morgan fingerprint density at radius 2 is 2.00 bits per heavy atom. The molecule has 2 heteroatoms. The molecule has 1 nitrogen and oxygen atoms in total. The van der Waals surface area contributed by atoms with Crippen molar-refractivity contribution in [3.63, 3.8) is 0 Å². The molecule has 0 saturated heterocycles.